The van der Waals surface area contributed by atoms with Gasteiger partial charge < -0.3 is 10.4 Å². The van der Waals surface area contributed by atoms with Crippen molar-refractivity contribution in [2.45, 2.75) is 19.5 Å². The lowest BCUT2D eigenvalue weighted by molar-refractivity contribution is -0.137. The van der Waals surface area contributed by atoms with E-state index in [2.05, 4.69) is 15.3 Å². The third kappa shape index (κ3) is 3.19. The van der Waals surface area contributed by atoms with E-state index in [0.29, 0.717) is 0 Å². The van der Waals surface area contributed by atoms with Crippen LogP contribution in [0.3, 0.4) is 0 Å². The number of nitrogens with one attached hydrogen (secondary N) is 1. The van der Waals surface area contributed by atoms with E-state index in [0.717, 1.165) is 10.3 Å². The lowest BCUT2D eigenvalue weighted by atomic mass is 10.2. The molecular formula is C13H14N4O3. The number of carboxylic acids is 1. The minimum Gasteiger partial charge on any atom is -0.480 e. The zero-order chi connectivity index (χ0) is 14.5. The molecule has 7 heteroatoms. The Morgan fingerprint density at radius 3 is 2.85 bits per heavy atom. The molecule has 0 aromatic carbocycles. The van der Waals surface area contributed by atoms with Gasteiger partial charge in [-0.15, -0.1) is 0 Å². The van der Waals surface area contributed by atoms with Crippen LogP contribution in [0.4, 0.5) is 5.82 Å². The zero-order valence-corrected chi connectivity index (χ0v) is 10.9. The van der Waals surface area contributed by atoms with Crippen molar-refractivity contribution in [1.82, 2.24) is 14.5 Å². The molecular weight excluding hydrogens is 260 g/mol. The molecule has 104 valence electrons. The van der Waals surface area contributed by atoms with E-state index in [9.17, 15) is 9.59 Å². The fourth-order valence-electron chi connectivity index (χ4n) is 1.73. The van der Waals surface area contributed by atoms with Crippen molar-refractivity contribution in [3.05, 3.63) is 52.8 Å². The minimum absolute atomic E-state index is 0.104. The lowest BCUT2D eigenvalue weighted by Gasteiger charge is -2.14. The van der Waals surface area contributed by atoms with Gasteiger partial charge in [0.25, 0.3) is 5.56 Å². The second-order valence-electron chi connectivity index (χ2n) is 4.22. The molecule has 0 fully saturated rings. The summed E-state index contributed by atoms with van der Waals surface area (Å²) >= 11 is 0. The number of hydrogen-bond acceptors (Lipinski definition) is 5. The Bertz CT molecular complexity index is 654. The summed E-state index contributed by atoms with van der Waals surface area (Å²) < 4.78 is 1.09. The third-order valence-corrected chi connectivity index (χ3v) is 2.70. The maximum absolute atomic E-state index is 12.0. The molecule has 0 saturated carbocycles. The quantitative estimate of drug-likeness (QED) is 0.840. The van der Waals surface area contributed by atoms with E-state index in [1.165, 1.54) is 12.4 Å². The summed E-state index contributed by atoms with van der Waals surface area (Å²) in [6, 6.07) is 5.27. The third-order valence-electron chi connectivity index (χ3n) is 2.70. The summed E-state index contributed by atoms with van der Waals surface area (Å²) in [7, 11) is 0. The topological polar surface area (TPSA) is 97.1 Å². The summed E-state index contributed by atoms with van der Waals surface area (Å²) in [6.45, 7) is 1.45. The van der Waals surface area contributed by atoms with Crippen LogP contribution in [0.1, 0.15) is 18.7 Å². The average molecular weight is 274 g/mol. The Kier molecular flexibility index (Phi) is 4.09. The van der Waals surface area contributed by atoms with Crippen molar-refractivity contribution in [1.29, 1.82) is 0 Å². The van der Waals surface area contributed by atoms with Crippen LogP contribution in [0, 0.1) is 0 Å². The second-order valence-corrected chi connectivity index (χ2v) is 4.22. The molecule has 0 aliphatic carbocycles. The highest BCUT2D eigenvalue weighted by atomic mass is 16.4. The van der Waals surface area contributed by atoms with Gasteiger partial charge in [-0.05, 0) is 19.1 Å². The van der Waals surface area contributed by atoms with Gasteiger partial charge in [-0.2, -0.15) is 0 Å². The number of anilines is 1. The van der Waals surface area contributed by atoms with Crippen LogP contribution in [0.25, 0.3) is 0 Å². The molecule has 7 nitrogen and oxygen atoms in total. The maximum Gasteiger partial charge on any atom is 0.323 e. The van der Waals surface area contributed by atoms with Crippen LogP contribution in [-0.4, -0.2) is 25.6 Å². The second kappa shape index (κ2) is 5.96. The highest BCUT2D eigenvalue weighted by Crippen LogP contribution is 2.12. The van der Waals surface area contributed by atoms with Gasteiger partial charge in [0.2, 0.25) is 0 Å². The smallest absolute Gasteiger partial charge is 0.323 e. The SMILES string of the molecule is CC(Nc1nccn(CC(=O)O)c1=O)c1ccccn1. The Morgan fingerprint density at radius 2 is 2.20 bits per heavy atom. The van der Waals surface area contributed by atoms with Crippen LogP contribution in [-0.2, 0) is 11.3 Å². The molecule has 0 bridgehead atoms. The van der Waals surface area contributed by atoms with Crippen molar-refractivity contribution in [2.24, 2.45) is 0 Å². The van der Waals surface area contributed by atoms with Gasteiger partial charge in [-0.3, -0.25) is 19.1 Å². The molecule has 2 aromatic rings. The molecule has 0 saturated heterocycles. The molecule has 0 radical (unpaired) electrons. The maximum atomic E-state index is 12.0. The summed E-state index contributed by atoms with van der Waals surface area (Å²) in [5.74, 6) is -0.978. The number of aliphatic carboxylic acids is 1. The summed E-state index contributed by atoms with van der Waals surface area (Å²) in [5.41, 5.74) is 0.292. The summed E-state index contributed by atoms with van der Waals surface area (Å²) in [6.07, 6.45) is 4.39. The molecule has 2 heterocycles. The molecule has 0 spiro atoms. The zero-order valence-electron chi connectivity index (χ0n) is 10.9. The van der Waals surface area contributed by atoms with Crippen molar-refractivity contribution in [2.75, 3.05) is 5.32 Å². The van der Waals surface area contributed by atoms with Crippen LogP contribution >= 0.6 is 0 Å². The van der Waals surface area contributed by atoms with Crippen molar-refractivity contribution in [3.8, 4) is 0 Å². The van der Waals surface area contributed by atoms with Crippen molar-refractivity contribution < 1.29 is 9.90 Å². The fraction of sp³-hybridized carbons (Fsp3) is 0.231. The van der Waals surface area contributed by atoms with Gasteiger partial charge in [0.05, 0.1) is 11.7 Å². The van der Waals surface area contributed by atoms with E-state index in [4.69, 9.17) is 5.11 Å². The van der Waals surface area contributed by atoms with Crippen LogP contribution in [0.15, 0.2) is 41.6 Å². The van der Waals surface area contributed by atoms with Crippen LogP contribution in [0.5, 0.6) is 0 Å². The van der Waals surface area contributed by atoms with Gasteiger partial charge in [0, 0.05) is 18.6 Å². The Balaban J connectivity index is 2.22. The molecule has 2 rings (SSSR count). The average Bonchev–Trinajstić information content (AvgIpc) is 2.43. The molecule has 2 aromatic heterocycles. The minimum atomic E-state index is -1.08. The van der Waals surface area contributed by atoms with E-state index in [1.54, 1.807) is 12.3 Å². The molecule has 0 amide bonds. The predicted molar refractivity (Wildman–Crippen MR) is 72.4 cm³/mol. The largest absolute Gasteiger partial charge is 0.480 e. The van der Waals surface area contributed by atoms with E-state index in [-0.39, 0.29) is 11.9 Å². The monoisotopic (exact) mass is 274 g/mol. The van der Waals surface area contributed by atoms with E-state index < -0.39 is 18.1 Å². The first-order valence-electron chi connectivity index (χ1n) is 6.02. The van der Waals surface area contributed by atoms with E-state index >= 15 is 0 Å². The first kappa shape index (κ1) is 13.7. The number of nitrogens with zero attached hydrogens (tertiary/aromatic N) is 3. The highest BCUT2D eigenvalue weighted by molar-refractivity contribution is 5.66. The van der Waals surface area contributed by atoms with Gasteiger partial charge in [-0.1, -0.05) is 6.07 Å². The van der Waals surface area contributed by atoms with Crippen LogP contribution in [0.2, 0.25) is 0 Å². The first-order valence-corrected chi connectivity index (χ1v) is 6.02. The Hall–Kier alpha value is -2.70. The standard InChI is InChI=1S/C13H14N4O3/c1-9(10-4-2-3-5-14-10)16-12-13(20)17(7-6-15-12)8-11(18)19/h2-7,9H,8H2,1H3,(H,15,16)(H,18,19). The normalized spacial score (nSPS) is 11.8. The molecule has 0 aliphatic heterocycles. The summed E-state index contributed by atoms with van der Waals surface area (Å²) in [5, 5.41) is 11.7. The number of pyridine rings is 1. The molecule has 1 atom stereocenters. The molecule has 2 N–H and O–H groups in total. The predicted octanol–water partition coefficient (Wildman–Crippen LogP) is 0.896. The Labute approximate surface area is 114 Å². The van der Waals surface area contributed by atoms with Gasteiger partial charge in [-0.25, -0.2) is 4.98 Å². The van der Waals surface area contributed by atoms with Crippen molar-refractivity contribution >= 4 is 11.8 Å². The number of carboxylic acid groups (broad SMARTS) is 1. The summed E-state index contributed by atoms with van der Waals surface area (Å²) in [4.78, 5) is 30.8. The molecule has 0 aliphatic rings. The first-order chi connectivity index (χ1) is 9.58. The Morgan fingerprint density at radius 1 is 1.40 bits per heavy atom. The van der Waals surface area contributed by atoms with Crippen molar-refractivity contribution in [3.63, 3.8) is 0 Å². The molecule has 1 unspecified atom stereocenters. The number of carbonyl (C=O) groups is 1. The molecule has 20 heavy (non-hydrogen) atoms. The number of aromatic nitrogens is 3. The lowest BCUT2D eigenvalue weighted by Crippen LogP contribution is -2.27. The van der Waals surface area contributed by atoms with E-state index in [1.807, 2.05) is 19.1 Å². The van der Waals surface area contributed by atoms with Crippen LogP contribution < -0.4 is 10.9 Å². The highest BCUT2D eigenvalue weighted by Gasteiger charge is 2.11. The number of hydrogen-bond donors (Lipinski definition) is 2. The fourth-order valence-corrected chi connectivity index (χ4v) is 1.73. The van der Waals surface area contributed by atoms with Gasteiger partial charge >= 0.3 is 5.97 Å². The van der Waals surface area contributed by atoms with Gasteiger partial charge in [0.1, 0.15) is 6.54 Å². The van der Waals surface area contributed by atoms with Gasteiger partial charge in [0.15, 0.2) is 5.82 Å². The number of rotatable bonds is 5.